The van der Waals surface area contributed by atoms with E-state index in [-0.39, 0.29) is 36.4 Å². The zero-order valence-electron chi connectivity index (χ0n) is 20.1. The predicted molar refractivity (Wildman–Crippen MR) is 126 cm³/mol. The molecule has 36 heavy (non-hydrogen) atoms. The van der Waals surface area contributed by atoms with Gasteiger partial charge in [0.1, 0.15) is 0 Å². The van der Waals surface area contributed by atoms with E-state index in [4.69, 9.17) is 4.74 Å². The first kappa shape index (κ1) is 25.6. The molecule has 13 heteroatoms. The summed E-state index contributed by atoms with van der Waals surface area (Å²) in [7, 11) is 0. The summed E-state index contributed by atoms with van der Waals surface area (Å²) >= 11 is 0. The molecule has 0 bridgehead atoms. The summed E-state index contributed by atoms with van der Waals surface area (Å²) in [5.74, 6) is 0.350. The quantitative estimate of drug-likeness (QED) is 0.467. The summed E-state index contributed by atoms with van der Waals surface area (Å²) in [6.07, 6.45) is 0.858. The first-order valence-electron chi connectivity index (χ1n) is 11.7. The van der Waals surface area contributed by atoms with Crippen LogP contribution >= 0.6 is 0 Å². The molecule has 3 aromatic heterocycles. The van der Waals surface area contributed by atoms with Crippen LogP contribution in [0.3, 0.4) is 0 Å². The number of aromatic amines is 1. The number of hydrogen-bond donors (Lipinski definition) is 1. The van der Waals surface area contributed by atoms with Crippen LogP contribution in [0.1, 0.15) is 37.3 Å². The lowest BCUT2D eigenvalue weighted by atomic mass is 10.0. The van der Waals surface area contributed by atoms with Crippen molar-refractivity contribution in [3.05, 3.63) is 46.3 Å². The SMILES string of the molecule is CC(C)c1cn(CCOCCC(=O)N2CCN(c3ncc(C(F)(F)F)cn3)CC2)c2cn[nH]c(=O)c12. The zero-order valence-corrected chi connectivity index (χ0v) is 20.1. The van der Waals surface area contributed by atoms with Crippen molar-refractivity contribution in [2.45, 2.75) is 38.9 Å². The van der Waals surface area contributed by atoms with Gasteiger partial charge in [0, 0.05) is 51.3 Å². The Hall–Kier alpha value is -3.48. The van der Waals surface area contributed by atoms with Crippen molar-refractivity contribution in [2.75, 3.05) is 44.3 Å². The molecule has 194 valence electrons. The average Bonchev–Trinajstić information content (AvgIpc) is 3.24. The Morgan fingerprint density at radius 2 is 1.81 bits per heavy atom. The van der Waals surface area contributed by atoms with Gasteiger partial charge in [-0.05, 0) is 11.5 Å². The Bertz CT molecular complexity index is 1250. The fourth-order valence-corrected chi connectivity index (χ4v) is 4.18. The molecule has 0 aliphatic carbocycles. The number of alkyl halides is 3. The number of halogens is 3. The van der Waals surface area contributed by atoms with Gasteiger partial charge in [-0.15, -0.1) is 0 Å². The van der Waals surface area contributed by atoms with E-state index in [1.807, 2.05) is 24.6 Å². The lowest BCUT2D eigenvalue weighted by Crippen LogP contribution is -2.49. The van der Waals surface area contributed by atoms with Crippen LogP contribution in [0.25, 0.3) is 10.9 Å². The molecule has 1 aliphatic heterocycles. The van der Waals surface area contributed by atoms with Gasteiger partial charge >= 0.3 is 6.18 Å². The highest BCUT2D eigenvalue weighted by molar-refractivity contribution is 5.82. The number of ether oxygens (including phenoxy) is 1. The second-order valence-electron chi connectivity index (χ2n) is 8.89. The van der Waals surface area contributed by atoms with Crippen LogP contribution in [-0.4, -0.2) is 74.9 Å². The van der Waals surface area contributed by atoms with E-state index in [0.717, 1.165) is 23.5 Å². The predicted octanol–water partition coefficient (Wildman–Crippen LogP) is 2.41. The van der Waals surface area contributed by atoms with Crippen molar-refractivity contribution in [2.24, 2.45) is 0 Å². The van der Waals surface area contributed by atoms with Crippen molar-refractivity contribution in [3.8, 4) is 0 Å². The normalized spacial score (nSPS) is 14.7. The van der Waals surface area contributed by atoms with Crippen molar-refractivity contribution in [1.29, 1.82) is 0 Å². The number of aromatic nitrogens is 5. The van der Waals surface area contributed by atoms with Crippen LogP contribution in [0.2, 0.25) is 0 Å². The Labute approximate surface area is 205 Å². The first-order valence-corrected chi connectivity index (χ1v) is 11.7. The minimum Gasteiger partial charge on any atom is -0.379 e. The summed E-state index contributed by atoms with van der Waals surface area (Å²) in [5.41, 5.74) is 0.587. The number of anilines is 1. The van der Waals surface area contributed by atoms with E-state index in [2.05, 4.69) is 20.2 Å². The Morgan fingerprint density at radius 1 is 1.11 bits per heavy atom. The molecular weight excluding hydrogens is 479 g/mol. The third kappa shape index (κ3) is 5.66. The number of hydrogen-bond acceptors (Lipinski definition) is 7. The largest absolute Gasteiger partial charge is 0.419 e. The standard InChI is InChI=1S/C23H28F3N7O3/c1-15(2)17-14-33(18-13-29-30-21(35)20(17)18)8-10-36-9-3-19(34)31-4-6-32(7-5-31)22-27-11-16(12-28-22)23(24,25)26/h11-15H,3-10H2,1-2H3,(H,30,35). The number of amides is 1. The molecule has 10 nitrogen and oxygen atoms in total. The number of fused-ring (bicyclic) bond motifs is 1. The van der Waals surface area contributed by atoms with Gasteiger partial charge in [0.25, 0.3) is 5.56 Å². The molecule has 1 amide bonds. The molecule has 1 N–H and O–H groups in total. The Balaban J connectivity index is 1.21. The number of rotatable bonds is 8. The van der Waals surface area contributed by atoms with E-state index < -0.39 is 11.7 Å². The van der Waals surface area contributed by atoms with Crippen LogP contribution < -0.4 is 10.5 Å². The molecule has 4 rings (SSSR count). The van der Waals surface area contributed by atoms with Crippen molar-refractivity contribution in [1.82, 2.24) is 29.6 Å². The third-order valence-electron chi connectivity index (χ3n) is 6.17. The first-order chi connectivity index (χ1) is 17.1. The topological polar surface area (TPSA) is 109 Å². The minimum atomic E-state index is -4.48. The number of nitrogens with zero attached hydrogens (tertiary/aromatic N) is 6. The number of piperazine rings is 1. The van der Waals surface area contributed by atoms with Gasteiger partial charge in [-0.3, -0.25) is 9.59 Å². The second kappa shape index (κ2) is 10.6. The number of carbonyl (C=O) groups is 1. The smallest absolute Gasteiger partial charge is 0.379 e. The van der Waals surface area contributed by atoms with Crippen molar-refractivity contribution in [3.63, 3.8) is 0 Å². The van der Waals surface area contributed by atoms with Gasteiger partial charge in [0.05, 0.1) is 42.3 Å². The van der Waals surface area contributed by atoms with Crippen LogP contribution in [0.4, 0.5) is 19.1 Å². The maximum Gasteiger partial charge on any atom is 0.419 e. The Kier molecular flexibility index (Phi) is 7.57. The molecule has 0 spiro atoms. The van der Waals surface area contributed by atoms with E-state index in [1.165, 1.54) is 0 Å². The van der Waals surface area contributed by atoms with Crippen molar-refractivity contribution < 1.29 is 22.7 Å². The molecular formula is C23H28F3N7O3. The lowest BCUT2D eigenvalue weighted by Gasteiger charge is -2.34. The molecule has 1 saturated heterocycles. The molecule has 1 fully saturated rings. The van der Waals surface area contributed by atoms with Crippen molar-refractivity contribution >= 4 is 22.8 Å². The highest BCUT2D eigenvalue weighted by atomic mass is 19.4. The fourth-order valence-electron chi connectivity index (χ4n) is 4.18. The highest BCUT2D eigenvalue weighted by Gasteiger charge is 2.32. The van der Waals surface area contributed by atoms with E-state index in [1.54, 1.807) is 16.0 Å². The molecule has 3 aromatic rings. The summed E-state index contributed by atoms with van der Waals surface area (Å²) < 4.78 is 45.7. The molecule has 4 heterocycles. The van der Waals surface area contributed by atoms with E-state index in [0.29, 0.717) is 44.7 Å². The van der Waals surface area contributed by atoms with Crippen LogP contribution in [0, 0.1) is 0 Å². The van der Waals surface area contributed by atoms with Gasteiger partial charge in [0.2, 0.25) is 11.9 Å². The molecule has 0 unspecified atom stereocenters. The van der Waals surface area contributed by atoms with Gasteiger partial charge in [-0.1, -0.05) is 13.8 Å². The monoisotopic (exact) mass is 507 g/mol. The van der Waals surface area contributed by atoms with E-state index in [9.17, 15) is 22.8 Å². The lowest BCUT2D eigenvalue weighted by molar-refractivity contribution is -0.138. The van der Waals surface area contributed by atoms with Gasteiger partial charge in [-0.25, -0.2) is 15.1 Å². The van der Waals surface area contributed by atoms with Crippen LogP contribution in [-0.2, 0) is 22.3 Å². The van der Waals surface area contributed by atoms with Crippen LogP contribution in [0.15, 0.2) is 29.6 Å². The summed E-state index contributed by atoms with van der Waals surface area (Å²) in [6, 6.07) is 0. The summed E-state index contributed by atoms with van der Waals surface area (Å²) in [5, 5.41) is 7.01. The molecule has 0 radical (unpaired) electrons. The average molecular weight is 508 g/mol. The van der Waals surface area contributed by atoms with E-state index >= 15 is 0 Å². The molecule has 0 aromatic carbocycles. The zero-order chi connectivity index (χ0) is 25.9. The molecule has 0 atom stereocenters. The third-order valence-corrected chi connectivity index (χ3v) is 6.17. The molecule has 1 aliphatic rings. The summed E-state index contributed by atoms with van der Waals surface area (Å²) in [6.45, 7) is 6.93. The Morgan fingerprint density at radius 3 is 2.44 bits per heavy atom. The van der Waals surface area contributed by atoms with Gasteiger partial charge < -0.3 is 19.1 Å². The maximum absolute atomic E-state index is 12.7. The highest BCUT2D eigenvalue weighted by Crippen LogP contribution is 2.28. The summed E-state index contributed by atoms with van der Waals surface area (Å²) in [4.78, 5) is 35.8. The number of nitrogens with one attached hydrogen (secondary N) is 1. The van der Waals surface area contributed by atoms with Crippen LogP contribution in [0.5, 0.6) is 0 Å². The van der Waals surface area contributed by atoms with Gasteiger partial charge in [-0.2, -0.15) is 18.3 Å². The minimum absolute atomic E-state index is 0.0489. The number of H-pyrrole nitrogens is 1. The number of carbonyl (C=O) groups excluding carboxylic acids is 1. The second-order valence-corrected chi connectivity index (χ2v) is 8.89. The molecule has 0 saturated carbocycles. The fraction of sp³-hybridized carbons (Fsp3) is 0.522. The maximum atomic E-state index is 12.7. The van der Waals surface area contributed by atoms with Gasteiger partial charge in [0.15, 0.2) is 0 Å².